The van der Waals surface area contributed by atoms with Crippen LogP contribution in [0.5, 0.6) is 0 Å². The number of aromatic nitrogens is 1. The second-order valence-corrected chi connectivity index (χ2v) is 7.28. The highest BCUT2D eigenvalue weighted by Crippen LogP contribution is 2.30. The summed E-state index contributed by atoms with van der Waals surface area (Å²) in [6.45, 7) is 7.13. The van der Waals surface area contributed by atoms with E-state index in [0.29, 0.717) is 10.6 Å². The molecule has 1 fully saturated rings. The third kappa shape index (κ3) is 4.51. The number of nitrogens with one attached hydrogen (secondary N) is 1. The number of benzene rings is 1. The molecule has 3 rings (SSSR count). The van der Waals surface area contributed by atoms with Gasteiger partial charge in [-0.05, 0) is 46.7 Å². The average Bonchev–Trinajstić information content (AvgIpc) is 2.62. The molecule has 1 aliphatic rings. The van der Waals surface area contributed by atoms with Gasteiger partial charge in [0, 0.05) is 48.1 Å². The lowest BCUT2D eigenvalue weighted by Crippen LogP contribution is -2.46. The standard InChI is InChI=1S/C18H20BrClN4O/c1-2-23-5-7-24(8-6-23)17-4-3-15(20)10-16(17)22-18(25)13-9-14(19)12-21-11-13/h3-4,9-12H,2,5-8H2,1H3,(H,22,25). The fraction of sp³-hybridized carbons (Fsp3) is 0.333. The Morgan fingerprint density at radius 1 is 1.24 bits per heavy atom. The first kappa shape index (κ1) is 18.2. The fourth-order valence-electron chi connectivity index (χ4n) is 2.92. The maximum absolute atomic E-state index is 12.6. The van der Waals surface area contributed by atoms with Crippen LogP contribution in [0.4, 0.5) is 11.4 Å². The number of hydrogen-bond acceptors (Lipinski definition) is 4. The molecule has 7 heteroatoms. The molecule has 0 aliphatic carbocycles. The van der Waals surface area contributed by atoms with Crippen molar-refractivity contribution in [2.24, 2.45) is 0 Å². The van der Waals surface area contributed by atoms with Gasteiger partial charge in [-0.3, -0.25) is 9.78 Å². The number of nitrogens with zero attached hydrogens (tertiary/aromatic N) is 3. The molecular formula is C18H20BrClN4O. The molecule has 1 N–H and O–H groups in total. The van der Waals surface area contributed by atoms with Gasteiger partial charge in [0.05, 0.1) is 16.9 Å². The van der Waals surface area contributed by atoms with Crippen molar-refractivity contribution >= 4 is 44.8 Å². The monoisotopic (exact) mass is 422 g/mol. The summed E-state index contributed by atoms with van der Waals surface area (Å²) in [6, 6.07) is 7.37. The molecule has 0 atom stereocenters. The summed E-state index contributed by atoms with van der Waals surface area (Å²) in [5, 5.41) is 3.57. The number of amides is 1. The van der Waals surface area contributed by atoms with Crippen molar-refractivity contribution < 1.29 is 4.79 Å². The van der Waals surface area contributed by atoms with Gasteiger partial charge in [0.2, 0.25) is 0 Å². The molecule has 5 nitrogen and oxygen atoms in total. The van der Waals surface area contributed by atoms with Crippen LogP contribution in [0.15, 0.2) is 41.1 Å². The molecule has 2 heterocycles. The topological polar surface area (TPSA) is 48.5 Å². The van der Waals surface area contributed by atoms with E-state index in [4.69, 9.17) is 11.6 Å². The Balaban J connectivity index is 1.81. The molecule has 0 radical (unpaired) electrons. The van der Waals surface area contributed by atoms with Crippen LogP contribution >= 0.6 is 27.5 Å². The van der Waals surface area contributed by atoms with Crippen LogP contribution in [-0.2, 0) is 0 Å². The van der Waals surface area contributed by atoms with Crippen molar-refractivity contribution in [2.45, 2.75) is 6.92 Å². The maximum Gasteiger partial charge on any atom is 0.257 e. The molecule has 0 spiro atoms. The zero-order chi connectivity index (χ0) is 17.8. The van der Waals surface area contributed by atoms with Crippen LogP contribution < -0.4 is 10.2 Å². The smallest absolute Gasteiger partial charge is 0.257 e. The van der Waals surface area contributed by atoms with Crippen LogP contribution in [-0.4, -0.2) is 48.5 Å². The first-order valence-corrected chi connectivity index (χ1v) is 9.42. The van der Waals surface area contributed by atoms with Crippen molar-refractivity contribution in [3.63, 3.8) is 0 Å². The summed E-state index contributed by atoms with van der Waals surface area (Å²) in [5.74, 6) is -0.204. The van der Waals surface area contributed by atoms with Crippen LogP contribution in [0, 0.1) is 0 Å². The highest BCUT2D eigenvalue weighted by atomic mass is 79.9. The van der Waals surface area contributed by atoms with Crippen LogP contribution in [0.3, 0.4) is 0 Å². The van der Waals surface area contributed by atoms with Crippen LogP contribution in [0.1, 0.15) is 17.3 Å². The number of rotatable bonds is 4. The number of anilines is 2. The number of pyridine rings is 1. The molecule has 1 saturated heterocycles. The molecule has 1 aromatic heterocycles. The quantitative estimate of drug-likeness (QED) is 0.810. The van der Waals surface area contributed by atoms with Gasteiger partial charge in [-0.25, -0.2) is 0 Å². The SMILES string of the molecule is CCN1CCN(c2ccc(Cl)cc2NC(=O)c2cncc(Br)c2)CC1. The molecular weight excluding hydrogens is 404 g/mol. The lowest BCUT2D eigenvalue weighted by molar-refractivity contribution is 0.102. The minimum atomic E-state index is -0.204. The Bertz CT molecular complexity index is 762. The summed E-state index contributed by atoms with van der Waals surface area (Å²) in [5.41, 5.74) is 2.22. The van der Waals surface area contributed by atoms with Gasteiger partial charge in [0.15, 0.2) is 0 Å². The van der Waals surface area contributed by atoms with E-state index >= 15 is 0 Å². The van der Waals surface area contributed by atoms with Gasteiger partial charge in [-0.15, -0.1) is 0 Å². The summed E-state index contributed by atoms with van der Waals surface area (Å²) >= 11 is 9.50. The van der Waals surface area contributed by atoms with E-state index in [2.05, 4.69) is 43.0 Å². The zero-order valence-electron chi connectivity index (χ0n) is 14.0. The van der Waals surface area contributed by atoms with Crippen LogP contribution in [0.2, 0.25) is 5.02 Å². The van der Waals surface area contributed by atoms with E-state index in [1.807, 2.05) is 12.1 Å². The van der Waals surface area contributed by atoms with Gasteiger partial charge in [0.25, 0.3) is 5.91 Å². The van der Waals surface area contributed by atoms with E-state index in [1.54, 1.807) is 24.5 Å². The second-order valence-electron chi connectivity index (χ2n) is 5.93. The summed E-state index contributed by atoms with van der Waals surface area (Å²) in [4.78, 5) is 21.3. The third-order valence-electron chi connectivity index (χ3n) is 4.33. The van der Waals surface area contributed by atoms with Crippen molar-refractivity contribution in [3.05, 3.63) is 51.7 Å². The van der Waals surface area contributed by atoms with E-state index in [1.165, 1.54) is 0 Å². The summed E-state index contributed by atoms with van der Waals surface area (Å²) < 4.78 is 0.766. The molecule has 0 unspecified atom stereocenters. The molecule has 25 heavy (non-hydrogen) atoms. The number of carbonyl (C=O) groups excluding carboxylic acids is 1. The molecule has 1 amide bonds. The molecule has 1 aliphatic heterocycles. The number of likely N-dealkylation sites (N-methyl/N-ethyl adjacent to an activating group) is 1. The highest BCUT2D eigenvalue weighted by Gasteiger charge is 2.19. The van der Waals surface area contributed by atoms with Crippen LogP contribution in [0.25, 0.3) is 0 Å². The lowest BCUT2D eigenvalue weighted by Gasteiger charge is -2.36. The molecule has 0 saturated carbocycles. The molecule has 1 aromatic carbocycles. The minimum absolute atomic E-state index is 0.204. The Hall–Kier alpha value is -1.63. The minimum Gasteiger partial charge on any atom is -0.367 e. The predicted octanol–water partition coefficient (Wildman–Crippen LogP) is 3.89. The third-order valence-corrected chi connectivity index (χ3v) is 5.00. The number of carbonyl (C=O) groups is 1. The second kappa shape index (κ2) is 8.17. The maximum atomic E-state index is 12.6. The van der Waals surface area contributed by atoms with Gasteiger partial charge < -0.3 is 15.1 Å². The van der Waals surface area contributed by atoms with Gasteiger partial charge in [-0.1, -0.05) is 18.5 Å². The van der Waals surface area contributed by atoms with Crippen molar-refractivity contribution in [1.29, 1.82) is 0 Å². The normalized spacial score (nSPS) is 15.2. The summed E-state index contributed by atoms with van der Waals surface area (Å²) in [6.07, 6.45) is 3.19. The fourth-order valence-corrected chi connectivity index (χ4v) is 3.46. The Morgan fingerprint density at radius 2 is 2.00 bits per heavy atom. The Morgan fingerprint density at radius 3 is 2.68 bits per heavy atom. The average molecular weight is 424 g/mol. The number of halogens is 2. The van der Waals surface area contributed by atoms with E-state index < -0.39 is 0 Å². The first-order valence-electron chi connectivity index (χ1n) is 8.25. The summed E-state index contributed by atoms with van der Waals surface area (Å²) in [7, 11) is 0. The first-order chi connectivity index (χ1) is 12.1. The van der Waals surface area contributed by atoms with E-state index in [0.717, 1.165) is 48.6 Å². The Kier molecular flexibility index (Phi) is 5.93. The highest BCUT2D eigenvalue weighted by molar-refractivity contribution is 9.10. The number of hydrogen-bond donors (Lipinski definition) is 1. The van der Waals surface area contributed by atoms with Crippen molar-refractivity contribution in [1.82, 2.24) is 9.88 Å². The van der Waals surface area contributed by atoms with E-state index in [-0.39, 0.29) is 5.91 Å². The largest absolute Gasteiger partial charge is 0.367 e. The lowest BCUT2D eigenvalue weighted by atomic mass is 10.2. The molecule has 0 bridgehead atoms. The number of piperazine rings is 1. The van der Waals surface area contributed by atoms with Gasteiger partial charge >= 0.3 is 0 Å². The van der Waals surface area contributed by atoms with Gasteiger partial charge in [0.1, 0.15) is 0 Å². The van der Waals surface area contributed by atoms with Gasteiger partial charge in [-0.2, -0.15) is 0 Å². The molecule has 2 aromatic rings. The van der Waals surface area contributed by atoms with Crippen molar-refractivity contribution in [3.8, 4) is 0 Å². The van der Waals surface area contributed by atoms with E-state index in [9.17, 15) is 4.79 Å². The van der Waals surface area contributed by atoms with Crippen molar-refractivity contribution in [2.75, 3.05) is 42.9 Å². The molecule has 132 valence electrons. The zero-order valence-corrected chi connectivity index (χ0v) is 16.3. The predicted molar refractivity (Wildman–Crippen MR) is 106 cm³/mol. The Labute approximate surface area is 161 Å².